The number of aryl methyl sites for hydroxylation is 1. The van der Waals surface area contributed by atoms with Crippen LogP contribution in [-0.4, -0.2) is 13.1 Å². The third-order valence-corrected chi connectivity index (χ3v) is 3.68. The second-order valence-electron chi connectivity index (χ2n) is 4.69. The fraction of sp³-hybridized carbons (Fsp3) is 0.357. The predicted octanol–water partition coefficient (Wildman–Crippen LogP) is 2.34. The summed E-state index contributed by atoms with van der Waals surface area (Å²) in [6, 6.07) is 5.95. The summed E-state index contributed by atoms with van der Waals surface area (Å²) in [6.45, 7) is 3.76. The minimum Gasteiger partial charge on any atom is -0.497 e. The van der Waals surface area contributed by atoms with Gasteiger partial charge in [0.1, 0.15) is 11.4 Å². The van der Waals surface area contributed by atoms with Crippen LogP contribution in [0.3, 0.4) is 0 Å². The number of fused-ring (bicyclic) bond motifs is 2. The van der Waals surface area contributed by atoms with Gasteiger partial charge in [-0.05, 0) is 36.1 Å². The maximum atomic E-state index is 11.5. The molecule has 1 aromatic rings. The topological polar surface area (TPSA) is 35.5 Å². The first kappa shape index (κ1) is 10.4. The van der Waals surface area contributed by atoms with Gasteiger partial charge in [-0.2, -0.15) is 0 Å². The molecule has 0 unspecified atom stereocenters. The lowest BCUT2D eigenvalue weighted by Gasteiger charge is -2.22. The lowest BCUT2D eigenvalue weighted by Crippen LogP contribution is -2.21. The van der Waals surface area contributed by atoms with Gasteiger partial charge in [-0.1, -0.05) is 12.6 Å². The molecule has 0 N–H and O–H groups in total. The van der Waals surface area contributed by atoms with Gasteiger partial charge in [0.25, 0.3) is 0 Å². The first-order valence-electron chi connectivity index (χ1n) is 5.73. The van der Waals surface area contributed by atoms with Crippen molar-refractivity contribution < 1.29 is 14.3 Å². The number of esters is 1. The van der Waals surface area contributed by atoms with Crippen LogP contribution in [0.2, 0.25) is 0 Å². The Morgan fingerprint density at radius 2 is 2.29 bits per heavy atom. The van der Waals surface area contributed by atoms with Crippen molar-refractivity contribution in [3.63, 3.8) is 0 Å². The third-order valence-electron chi connectivity index (χ3n) is 3.68. The van der Waals surface area contributed by atoms with Crippen molar-refractivity contribution in [2.75, 3.05) is 7.11 Å². The summed E-state index contributed by atoms with van der Waals surface area (Å²) in [7, 11) is 1.66. The van der Waals surface area contributed by atoms with Crippen molar-refractivity contribution in [3.05, 3.63) is 41.5 Å². The number of hydrogen-bond acceptors (Lipinski definition) is 3. The molecule has 3 nitrogen and oxygen atoms in total. The van der Waals surface area contributed by atoms with E-state index in [0.717, 1.165) is 24.2 Å². The van der Waals surface area contributed by atoms with Crippen LogP contribution in [0.1, 0.15) is 24.0 Å². The molecule has 88 valence electrons. The van der Waals surface area contributed by atoms with Gasteiger partial charge in [0, 0.05) is 12.0 Å². The molecule has 3 rings (SSSR count). The summed E-state index contributed by atoms with van der Waals surface area (Å²) in [5.74, 6) is 0.595. The number of benzene rings is 1. The zero-order chi connectivity index (χ0) is 12.0. The summed E-state index contributed by atoms with van der Waals surface area (Å²) in [6.07, 6.45) is 2.39. The Labute approximate surface area is 100 Å². The standard InChI is InChI=1S/C14H14O3/c1-9-8-14(17-13(9)15)6-5-10-7-11(16-2)3-4-12(10)14/h3-4,7H,1,5-6,8H2,2H3/t14-/m1/s1. The van der Waals surface area contributed by atoms with E-state index in [1.165, 1.54) is 5.56 Å². The van der Waals surface area contributed by atoms with Crippen molar-refractivity contribution in [2.45, 2.75) is 24.9 Å². The van der Waals surface area contributed by atoms with E-state index >= 15 is 0 Å². The zero-order valence-electron chi connectivity index (χ0n) is 9.79. The predicted molar refractivity (Wildman–Crippen MR) is 62.8 cm³/mol. The van der Waals surface area contributed by atoms with Gasteiger partial charge >= 0.3 is 5.97 Å². The average molecular weight is 230 g/mol. The van der Waals surface area contributed by atoms with Crippen molar-refractivity contribution in [3.8, 4) is 5.75 Å². The molecule has 1 atom stereocenters. The van der Waals surface area contributed by atoms with Crippen LogP contribution in [0, 0.1) is 0 Å². The van der Waals surface area contributed by atoms with Gasteiger partial charge in [0.2, 0.25) is 0 Å². The van der Waals surface area contributed by atoms with Gasteiger partial charge in [-0.25, -0.2) is 4.79 Å². The molecule has 1 saturated heterocycles. The zero-order valence-corrected chi connectivity index (χ0v) is 9.79. The highest BCUT2D eigenvalue weighted by molar-refractivity contribution is 5.91. The van der Waals surface area contributed by atoms with Crippen LogP contribution in [-0.2, 0) is 21.6 Å². The number of carbonyl (C=O) groups excluding carboxylic acids is 1. The second-order valence-corrected chi connectivity index (χ2v) is 4.69. The highest BCUT2D eigenvalue weighted by Gasteiger charge is 2.48. The maximum Gasteiger partial charge on any atom is 0.334 e. The Hall–Kier alpha value is -1.77. The molecule has 1 fully saturated rings. The Morgan fingerprint density at radius 1 is 1.47 bits per heavy atom. The van der Waals surface area contributed by atoms with E-state index < -0.39 is 5.60 Å². The molecule has 1 aromatic carbocycles. The smallest absolute Gasteiger partial charge is 0.334 e. The largest absolute Gasteiger partial charge is 0.497 e. The van der Waals surface area contributed by atoms with E-state index in [-0.39, 0.29) is 5.97 Å². The molecule has 0 saturated carbocycles. The number of methoxy groups -OCH3 is 1. The number of ether oxygens (including phenoxy) is 2. The van der Waals surface area contributed by atoms with E-state index in [1.54, 1.807) is 7.11 Å². The van der Waals surface area contributed by atoms with E-state index in [2.05, 4.69) is 6.58 Å². The van der Waals surface area contributed by atoms with Crippen LogP contribution in [0.4, 0.5) is 0 Å². The molecule has 2 aliphatic rings. The molecule has 0 aromatic heterocycles. The van der Waals surface area contributed by atoms with Crippen LogP contribution < -0.4 is 4.74 Å². The first-order valence-corrected chi connectivity index (χ1v) is 5.73. The Balaban J connectivity index is 2.05. The van der Waals surface area contributed by atoms with Crippen LogP contribution in [0.15, 0.2) is 30.4 Å². The van der Waals surface area contributed by atoms with Gasteiger partial charge in [0.05, 0.1) is 7.11 Å². The van der Waals surface area contributed by atoms with Gasteiger partial charge in [-0.15, -0.1) is 0 Å². The van der Waals surface area contributed by atoms with Gasteiger partial charge in [-0.3, -0.25) is 0 Å². The average Bonchev–Trinajstić information content (AvgIpc) is 2.81. The van der Waals surface area contributed by atoms with Crippen molar-refractivity contribution >= 4 is 5.97 Å². The molecule has 1 aliphatic carbocycles. The fourth-order valence-electron chi connectivity index (χ4n) is 2.81. The minimum absolute atomic E-state index is 0.256. The third kappa shape index (κ3) is 1.38. The Bertz CT molecular complexity index is 500. The summed E-state index contributed by atoms with van der Waals surface area (Å²) < 4.78 is 10.8. The summed E-state index contributed by atoms with van der Waals surface area (Å²) in [5.41, 5.74) is 2.46. The van der Waals surface area contributed by atoms with Crippen molar-refractivity contribution in [1.82, 2.24) is 0 Å². The SMILES string of the molecule is C=C1C[C@@]2(CCc3cc(OC)ccc32)OC1=O. The lowest BCUT2D eigenvalue weighted by atomic mass is 9.91. The number of carbonyl (C=O) groups is 1. The van der Waals surface area contributed by atoms with E-state index in [1.807, 2.05) is 18.2 Å². The summed E-state index contributed by atoms with van der Waals surface area (Å²) >= 11 is 0. The highest BCUT2D eigenvalue weighted by Crippen LogP contribution is 2.48. The monoisotopic (exact) mass is 230 g/mol. The molecule has 1 aliphatic heterocycles. The molecular weight excluding hydrogens is 216 g/mol. The second kappa shape index (κ2) is 3.36. The molecule has 17 heavy (non-hydrogen) atoms. The summed E-state index contributed by atoms with van der Waals surface area (Å²) in [4.78, 5) is 11.5. The van der Waals surface area contributed by atoms with E-state index in [0.29, 0.717) is 12.0 Å². The molecule has 0 radical (unpaired) electrons. The van der Waals surface area contributed by atoms with Crippen LogP contribution in [0.25, 0.3) is 0 Å². The Morgan fingerprint density at radius 3 is 2.94 bits per heavy atom. The molecule has 1 spiro atoms. The summed E-state index contributed by atoms with van der Waals surface area (Å²) in [5, 5.41) is 0. The maximum absolute atomic E-state index is 11.5. The Kier molecular flexibility index (Phi) is 2.05. The van der Waals surface area contributed by atoms with Gasteiger partial charge < -0.3 is 9.47 Å². The highest BCUT2D eigenvalue weighted by atomic mass is 16.6. The van der Waals surface area contributed by atoms with Crippen LogP contribution >= 0.6 is 0 Å². The fourth-order valence-corrected chi connectivity index (χ4v) is 2.81. The number of hydrogen-bond donors (Lipinski definition) is 0. The molecular formula is C14H14O3. The lowest BCUT2D eigenvalue weighted by molar-refractivity contribution is -0.147. The number of rotatable bonds is 1. The van der Waals surface area contributed by atoms with E-state index in [4.69, 9.17) is 9.47 Å². The van der Waals surface area contributed by atoms with Crippen molar-refractivity contribution in [2.24, 2.45) is 0 Å². The van der Waals surface area contributed by atoms with Crippen LogP contribution in [0.5, 0.6) is 5.75 Å². The molecule has 3 heteroatoms. The minimum atomic E-state index is -0.449. The quantitative estimate of drug-likeness (QED) is 0.548. The molecule has 0 bridgehead atoms. The molecule has 1 heterocycles. The molecule has 0 amide bonds. The first-order chi connectivity index (χ1) is 8.14. The van der Waals surface area contributed by atoms with Crippen molar-refractivity contribution in [1.29, 1.82) is 0 Å². The normalized spacial score (nSPS) is 26.2. The van der Waals surface area contributed by atoms with E-state index in [9.17, 15) is 4.79 Å². The van der Waals surface area contributed by atoms with Gasteiger partial charge in [0.15, 0.2) is 0 Å².